The Morgan fingerprint density at radius 3 is 2.43 bits per heavy atom. The van der Waals surface area contributed by atoms with Crippen LogP contribution >= 0.6 is 0 Å². The Morgan fingerprint density at radius 1 is 1.43 bits per heavy atom. The molecule has 0 fully saturated rings. The van der Waals surface area contributed by atoms with Crippen molar-refractivity contribution >= 4 is 27.9 Å². The fourth-order valence-corrected chi connectivity index (χ4v) is 4.11. The molecule has 2 N–H and O–H groups in total. The van der Waals surface area contributed by atoms with Gasteiger partial charge in [-0.1, -0.05) is 0 Å². The van der Waals surface area contributed by atoms with Crippen LogP contribution < -0.4 is 9.31 Å². The van der Waals surface area contributed by atoms with Crippen molar-refractivity contribution in [3.05, 3.63) is 24.0 Å². The van der Waals surface area contributed by atoms with Crippen molar-refractivity contribution in [1.82, 2.24) is 4.98 Å². The topological polar surface area (TPSA) is 56.0 Å². The number of carbonyl (C=O) groups is 1. The molecule has 0 saturated heterocycles. The van der Waals surface area contributed by atoms with E-state index in [2.05, 4.69) is 25.9 Å². The van der Waals surface area contributed by atoms with E-state index in [1.807, 2.05) is 12.3 Å². The van der Waals surface area contributed by atoms with Gasteiger partial charge in [-0.25, -0.2) is 0 Å². The van der Waals surface area contributed by atoms with Gasteiger partial charge in [0.25, 0.3) is 0 Å². The van der Waals surface area contributed by atoms with E-state index in [-0.39, 0.29) is 12.3 Å². The second-order valence-corrected chi connectivity index (χ2v) is 18.9. The third-order valence-corrected chi connectivity index (χ3v) is 7.83. The molecule has 14 heavy (non-hydrogen) atoms. The van der Waals surface area contributed by atoms with Gasteiger partial charge in [0.05, 0.1) is 0 Å². The Morgan fingerprint density at radius 2 is 2.07 bits per heavy atom. The number of hydrogen-bond donors (Lipinski definition) is 1. The number of pyridine rings is 1. The number of nitrogens with two attached hydrogens (primary N) is 1. The molecule has 1 amide bonds. The molecule has 1 aromatic rings. The molecule has 4 heteroatoms. The van der Waals surface area contributed by atoms with Crippen molar-refractivity contribution in [3.8, 4) is 0 Å². The Balaban J connectivity index is 2.84. The molecule has 0 aliphatic carbocycles. The zero-order valence-corrected chi connectivity index (χ0v) is 11.7. The summed E-state index contributed by atoms with van der Waals surface area (Å²) in [5, 5.41) is 0. The summed E-state index contributed by atoms with van der Waals surface area (Å²) in [6.45, 7) is 0. The molecule has 0 aliphatic heterocycles. The van der Waals surface area contributed by atoms with E-state index in [0.717, 1.165) is 5.69 Å². The Hall–Kier alpha value is -0.581. The zero-order valence-electron chi connectivity index (χ0n) is 8.87. The molecular weight excluding hydrogens is 283 g/mol. The van der Waals surface area contributed by atoms with Gasteiger partial charge in [-0.05, 0) is 0 Å². The SMILES string of the molecule is [CH3][Sn]([CH3])([CH3])[c]1ccc(CC(N)=O)nc1. The van der Waals surface area contributed by atoms with E-state index in [4.69, 9.17) is 5.73 Å². The van der Waals surface area contributed by atoms with Gasteiger partial charge in [0.15, 0.2) is 0 Å². The maximum atomic E-state index is 10.6. The van der Waals surface area contributed by atoms with Crippen LogP contribution in [0.25, 0.3) is 0 Å². The molecule has 3 nitrogen and oxygen atoms in total. The molecule has 1 aromatic heterocycles. The first-order valence-electron chi connectivity index (χ1n) is 4.63. The third kappa shape index (κ3) is 3.29. The molecule has 0 saturated carbocycles. The van der Waals surface area contributed by atoms with Gasteiger partial charge in [0.1, 0.15) is 0 Å². The summed E-state index contributed by atoms with van der Waals surface area (Å²) in [4.78, 5) is 21.9. The Kier molecular flexibility index (Phi) is 3.53. The van der Waals surface area contributed by atoms with Crippen molar-refractivity contribution in [3.63, 3.8) is 0 Å². The third-order valence-electron chi connectivity index (χ3n) is 2.05. The van der Waals surface area contributed by atoms with Crippen molar-refractivity contribution in [1.29, 1.82) is 0 Å². The van der Waals surface area contributed by atoms with E-state index in [1.165, 1.54) is 3.58 Å². The van der Waals surface area contributed by atoms with Gasteiger partial charge >= 0.3 is 88.6 Å². The average molecular weight is 299 g/mol. The number of amides is 1. The summed E-state index contributed by atoms with van der Waals surface area (Å²) in [6, 6.07) is 3.99. The maximum absolute atomic E-state index is 10.6. The molecule has 1 heterocycles. The summed E-state index contributed by atoms with van der Waals surface area (Å²) in [5.41, 5.74) is 5.84. The first kappa shape index (κ1) is 11.5. The van der Waals surface area contributed by atoms with Crippen molar-refractivity contribution in [2.45, 2.75) is 21.2 Å². The number of aromatic nitrogens is 1. The minimum atomic E-state index is -1.98. The van der Waals surface area contributed by atoms with Crippen LogP contribution in [-0.2, 0) is 11.2 Å². The summed E-state index contributed by atoms with van der Waals surface area (Å²) < 4.78 is 1.37. The molecule has 76 valence electrons. The summed E-state index contributed by atoms with van der Waals surface area (Å²) >= 11 is -1.98. The standard InChI is InChI=1S/C7H7N2O.3CH3.Sn/c8-7(10)5-6-3-1-2-4-9-6;;;;/h1,3-4H,5H2,(H2,8,10);3*1H3;. The van der Waals surface area contributed by atoms with Gasteiger partial charge in [-0.3, -0.25) is 0 Å². The van der Waals surface area contributed by atoms with E-state index in [0.29, 0.717) is 0 Å². The minimum absolute atomic E-state index is 0.236. The second kappa shape index (κ2) is 4.29. The quantitative estimate of drug-likeness (QED) is 0.833. The number of primary amides is 1. The summed E-state index contributed by atoms with van der Waals surface area (Å²) in [5.74, 6) is -0.329. The Bertz CT molecular complexity index is 327. The first-order valence-corrected chi connectivity index (χ1v) is 14.6. The van der Waals surface area contributed by atoms with Crippen LogP contribution in [0, 0.1) is 0 Å². The van der Waals surface area contributed by atoms with E-state index >= 15 is 0 Å². The number of rotatable bonds is 3. The fraction of sp³-hybridized carbons (Fsp3) is 0.400. The zero-order chi connectivity index (χ0) is 10.8. The van der Waals surface area contributed by atoms with Gasteiger partial charge in [-0.15, -0.1) is 0 Å². The number of nitrogens with zero attached hydrogens (tertiary/aromatic N) is 1. The fourth-order valence-electron chi connectivity index (χ4n) is 1.15. The van der Waals surface area contributed by atoms with E-state index < -0.39 is 18.4 Å². The molecule has 0 aromatic carbocycles. The van der Waals surface area contributed by atoms with Crippen LogP contribution in [0.15, 0.2) is 18.3 Å². The summed E-state index contributed by atoms with van der Waals surface area (Å²) in [7, 11) is 0. The van der Waals surface area contributed by atoms with Crippen molar-refractivity contribution in [2.75, 3.05) is 0 Å². The van der Waals surface area contributed by atoms with Crippen LogP contribution in [0.2, 0.25) is 14.8 Å². The van der Waals surface area contributed by atoms with Crippen molar-refractivity contribution in [2.24, 2.45) is 5.73 Å². The molecule has 0 radical (unpaired) electrons. The molecule has 0 aliphatic rings. The molecule has 1 rings (SSSR count). The molecule has 0 unspecified atom stereocenters. The predicted octanol–water partition coefficient (Wildman–Crippen LogP) is 0.655. The van der Waals surface area contributed by atoms with Crippen LogP contribution in [0.5, 0.6) is 0 Å². The van der Waals surface area contributed by atoms with Gasteiger partial charge in [-0.2, -0.15) is 0 Å². The molecular formula is C10H16N2OSn. The summed E-state index contributed by atoms with van der Waals surface area (Å²) in [6.07, 6.45) is 2.13. The monoisotopic (exact) mass is 300 g/mol. The average Bonchev–Trinajstić information content (AvgIpc) is 2.02. The second-order valence-electron chi connectivity index (χ2n) is 4.43. The Labute approximate surface area is 88.6 Å². The van der Waals surface area contributed by atoms with Crippen LogP contribution in [0.1, 0.15) is 5.69 Å². The molecule has 0 bridgehead atoms. The van der Waals surface area contributed by atoms with Crippen molar-refractivity contribution < 1.29 is 4.79 Å². The van der Waals surface area contributed by atoms with Gasteiger partial charge in [0.2, 0.25) is 0 Å². The van der Waals surface area contributed by atoms with Gasteiger partial charge < -0.3 is 0 Å². The van der Waals surface area contributed by atoms with Crippen LogP contribution in [0.3, 0.4) is 0 Å². The normalized spacial score (nSPS) is 11.4. The van der Waals surface area contributed by atoms with Gasteiger partial charge in [0, 0.05) is 0 Å². The molecule has 0 atom stereocenters. The van der Waals surface area contributed by atoms with E-state index in [9.17, 15) is 4.79 Å². The van der Waals surface area contributed by atoms with Crippen LogP contribution in [0.4, 0.5) is 0 Å². The van der Waals surface area contributed by atoms with E-state index in [1.54, 1.807) is 0 Å². The number of hydrogen-bond acceptors (Lipinski definition) is 2. The number of carbonyl (C=O) groups excluding carboxylic acids is 1. The van der Waals surface area contributed by atoms with Crippen LogP contribution in [-0.4, -0.2) is 29.3 Å². The molecule has 0 spiro atoms. The predicted molar refractivity (Wildman–Crippen MR) is 60.1 cm³/mol. The first-order chi connectivity index (χ1) is 6.39.